The van der Waals surface area contributed by atoms with Crippen LogP contribution in [0.15, 0.2) is 12.1 Å². The summed E-state index contributed by atoms with van der Waals surface area (Å²) in [6.45, 7) is 5.66. The van der Waals surface area contributed by atoms with Gasteiger partial charge in [0.2, 0.25) is 5.88 Å². The summed E-state index contributed by atoms with van der Waals surface area (Å²) in [4.78, 5) is 18.5. The molecule has 132 valence electrons. The second kappa shape index (κ2) is 6.60. The predicted octanol–water partition coefficient (Wildman–Crippen LogP) is 4.70. The molecule has 0 saturated carbocycles. The molecule has 0 N–H and O–H groups in total. The Morgan fingerprint density at radius 2 is 1.83 bits per heavy atom. The van der Waals surface area contributed by atoms with Crippen LogP contribution in [0.2, 0.25) is 10.2 Å². The lowest BCUT2D eigenvalue weighted by atomic mass is 10.0. The number of halogens is 2. The Kier molecular flexibility index (Phi) is 4.85. The minimum Gasteiger partial charge on any atom is -0.474 e. The number of hydrogen-bond acceptors (Lipinski definition) is 4. The second-order valence-corrected chi connectivity index (χ2v) is 8.17. The van der Waals surface area contributed by atoms with Crippen LogP contribution in [0.25, 0.3) is 0 Å². The molecule has 2 aliphatic heterocycles. The molecular weight excluding hydrogens is 351 g/mol. The van der Waals surface area contributed by atoms with Gasteiger partial charge in [0.15, 0.2) is 5.15 Å². The van der Waals surface area contributed by atoms with E-state index in [1.807, 2.05) is 25.7 Å². The van der Waals surface area contributed by atoms with Crippen LogP contribution < -0.4 is 4.74 Å². The molecule has 0 radical (unpaired) electrons. The van der Waals surface area contributed by atoms with Gasteiger partial charge in [0, 0.05) is 31.0 Å². The van der Waals surface area contributed by atoms with Gasteiger partial charge in [-0.1, -0.05) is 23.2 Å². The molecule has 1 aromatic heterocycles. The molecule has 1 aromatic rings. The Bertz CT molecular complexity index is 619. The minimum atomic E-state index is -0.478. The number of hydrogen-bond donors (Lipinski definition) is 0. The van der Waals surface area contributed by atoms with Gasteiger partial charge in [0.1, 0.15) is 11.7 Å². The molecule has 2 atom stereocenters. The van der Waals surface area contributed by atoms with Crippen molar-refractivity contribution in [3.63, 3.8) is 0 Å². The zero-order chi connectivity index (χ0) is 17.5. The first-order valence-electron chi connectivity index (χ1n) is 8.23. The molecule has 2 aliphatic rings. The SMILES string of the molecule is CC(C)(C)OC(=O)N1C2CCC1CC(Oc1ccc(Cl)c(Cl)n1)C2. The Morgan fingerprint density at radius 1 is 1.21 bits per heavy atom. The van der Waals surface area contributed by atoms with E-state index in [1.54, 1.807) is 12.1 Å². The molecule has 0 aromatic carbocycles. The van der Waals surface area contributed by atoms with Crippen LogP contribution >= 0.6 is 23.2 Å². The summed E-state index contributed by atoms with van der Waals surface area (Å²) in [7, 11) is 0. The van der Waals surface area contributed by atoms with E-state index in [9.17, 15) is 4.79 Å². The Hall–Kier alpha value is -1.20. The molecule has 2 bridgehead atoms. The van der Waals surface area contributed by atoms with Crippen molar-refractivity contribution in [2.75, 3.05) is 0 Å². The van der Waals surface area contributed by atoms with Crippen molar-refractivity contribution in [2.24, 2.45) is 0 Å². The van der Waals surface area contributed by atoms with E-state index in [-0.39, 0.29) is 29.4 Å². The first-order chi connectivity index (χ1) is 11.2. The third-order valence-corrected chi connectivity index (χ3v) is 5.05. The van der Waals surface area contributed by atoms with Gasteiger partial charge in [-0.05, 0) is 39.7 Å². The predicted molar refractivity (Wildman–Crippen MR) is 92.8 cm³/mol. The normalized spacial score (nSPS) is 26.4. The van der Waals surface area contributed by atoms with E-state index in [2.05, 4.69) is 4.98 Å². The van der Waals surface area contributed by atoms with Crippen LogP contribution in [-0.2, 0) is 4.74 Å². The molecular formula is C17H22Cl2N2O3. The number of amides is 1. The highest BCUT2D eigenvalue weighted by Gasteiger charge is 2.45. The number of nitrogens with zero attached hydrogens (tertiary/aromatic N) is 2. The van der Waals surface area contributed by atoms with Crippen LogP contribution in [-0.4, -0.2) is 39.8 Å². The molecule has 3 heterocycles. The maximum atomic E-state index is 12.4. The average molecular weight is 373 g/mol. The third-order valence-electron chi connectivity index (χ3n) is 4.36. The molecule has 7 heteroatoms. The van der Waals surface area contributed by atoms with Crippen molar-refractivity contribution in [2.45, 2.75) is 70.2 Å². The summed E-state index contributed by atoms with van der Waals surface area (Å²) in [6, 6.07) is 3.71. The van der Waals surface area contributed by atoms with Gasteiger partial charge >= 0.3 is 6.09 Å². The molecule has 2 unspecified atom stereocenters. The van der Waals surface area contributed by atoms with Crippen LogP contribution in [0, 0.1) is 0 Å². The Morgan fingerprint density at radius 3 is 2.38 bits per heavy atom. The van der Waals surface area contributed by atoms with Gasteiger partial charge in [0.25, 0.3) is 0 Å². The summed E-state index contributed by atoms with van der Waals surface area (Å²) in [6.07, 6.45) is 3.32. The highest BCUT2D eigenvalue weighted by Crippen LogP contribution is 2.38. The van der Waals surface area contributed by atoms with Crippen LogP contribution in [0.3, 0.4) is 0 Å². The number of aromatic nitrogens is 1. The van der Waals surface area contributed by atoms with E-state index in [4.69, 9.17) is 32.7 Å². The van der Waals surface area contributed by atoms with Gasteiger partial charge in [-0.3, -0.25) is 0 Å². The van der Waals surface area contributed by atoms with Crippen LogP contribution in [0.5, 0.6) is 5.88 Å². The van der Waals surface area contributed by atoms with Crippen molar-refractivity contribution in [1.82, 2.24) is 9.88 Å². The largest absolute Gasteiger partial charge is 0.474 e. The number of pyridine rings is 1. The van der Waals surface area contributed by atoms with E-state index in [0.717, 1.165) is 25.7 Å². The summed E-state index contributed by atoms with van der Waals surface area (Å²) in [5, 5.41) is 0.646. The molecule has 5 nitrogen and oxygen atoms in total. The lowest BCUT2D eigenvalue weighted by Crippen LogP contribution is -2.50. The zero-order valence-corrected chi connectivity index (χ0v) is 15.6. The number of rotatable bonds is 2. The van der Waals surface area contributed by atoms with Crippen LogP contribution in [0.1, 0.15) is 46.5 Å². The standard InChI is InChI=1S/C17H22Cl2N2O3/c1-17(2,3)24-16(22)21-10-4-5-11(21)9-12(8-10)23-14-7-6-13(18)15(19)20-14/h6-7,10-12H,4-5,8-9H2,1-3H3. The monoisotopic (exact) mass is 372 g/mol. The molecule has 24 heavy (non-hydrogen) atoms. The summed E-state index contributed by atoms with van der Waals surface area (Å²) < 4.78 is 11.5. The fraction of sp³-hybridized carbons (Fsp3) is 0.647. The maximum absolute atomic E-state index is 12.4. The number of piperidine rings is 1. The van der Waals surface area contributed by atoms with Gasteiger partial charge < -0.3 is 14.4 Å². The van der Waals surface area contributed by atoms with Crippen LogP contribution in [0.4, 0.5) is 4.79 Å². The highest BCUT2D eigenvalue weighted by atomic mass is 35.5. The third kappa shape index (κ3) is 3.89. The molecule has 1 amide bonds. The minimum absolute atomic E-state index is 0.0194. The van der Waals surface area contributed by atoms with E-state index >= 15 is 0 Å². The Labute approximate surface area is 152 Å². The number of carbonyl (C=O) groups is 1. The lowest BCUT2D eigenvalue weighted by molar-refractivity contribution is -0.00758. The number of fused-ring (bicyclic) bond motifs is 2. The summed E-state index contributed by atoms with van der Waals surface area (Å²) in [5.41, 5.74) is -0.478. The summed E-state index contributed by atoms with van der Waals surface area (Å²) >= 11 is 11.8. The van der Waals surface area contributed by atoms with Crippen molar-refractivity contribution < 1.29 is 14.3 Å². The fourth-order valence-electron chi connectivity index (χ4n) is 3.47. The molecule has 0 aliphatic carbocycles. The average Bonchev–Trinajstić information content (AvgIpc) is 2.73. The van der Waals surface area contributed by atoms with E-state index < -0.39 is 5.60 Å². The van der Waals surface area contributed by atoms with Gasteiger partial charge in [-0.25, -0.2) is 4.79 Å². The highest BCUT2D eigenvalue weighted by molar-refractivity contribution is 6.41. The van der Waals surface area contributed by atoms with Gasteiger partial charge in [-0.15, -0.1) is 0 Å². The first kappa shape index (κ1) is 17.6. The molecule has 0 spiro atoms. The number of ether oxygens (including phenoxy) is 2. The van der Waals surface area contributed by atoms with E-state index in [0.29, 0.717) is 10.9 Å². The zero-order valence-electron chi connectivity index (χ0n) is 14.1. The van der Waals surface area contributed by atoms with Crippen molar-refractivity contribution in [3.8, 4) is 5.88 Å². The topological polar surface area (TPSA) is 51.7 Å². The van der Waals surface area contributed by atoms with Gasteiger partial charge in [-0.2, -0.15) is 4.98 Å². The van der Waals surface area contributed by atoms with Crippen molar-refractivity contribution >= 4 is 29.3 Å². The molecule has 2 fully saturated rings. The smallest absolute Gasteiger partial charge is 0.410 e. The lowest BCUT2D eigenvalue weighted by Gasteiger charge is -2.39. The quantitative estimate of drug-likeness (QED) is 0.706. The summed E-state index contributed by atoms with van der Waals surface area (Å²) in [5.74, 6) is 0.472. The van der Waals surface area contributed by atoms with Gasteiger partial charge in [0.05, 0.1) is 5.02 Å². The van der Waals surface area contributed by atoms with Crippen molar-refractivity contribution in [1.29, 1.82) is 0 Å². The van der Waals surface area contributed by atoms with E-state index in [1.165, 1.54) is 0 Å². The molecule has 3 rings (SSSR count). The second-order valence-electron chi connectivity index (χ2n) is 7.41. The molecule has 2 saturated heterocycles. The van der Waals surface area contributed by atoms with Crippen molar-refractivity contribution in [3.05, 3.63) is 22.3 Å². The Balaban J connectivity index is 1.64. The maximum Gasteiger partial charge on any atom is 0.410 e. The number of carbonyl (C=O) groups excluding carboxylic acids is 1. The fourth-order valence-corrected chi connectivity index (χ4v) is 3.72. The first-order valence-corrected chi connectivity index (χ1v) is 8.98.